The summed E-state index contributed by atoms with van der Waals surface area (Å²) in [5.41, 5.74) is 1.47. The zero-order valence-electron chi connectivity index (χ0n) is 19.3. The van der Waals surface area contributed by atoms with Crippen LogP contribution in [0.25, 0.3) is 0 Å². The summed E-state index contributed by atoms with van der Waals surface area (Å²) >= 11 is 0. The topological polar surface area (TPSA) is 76.2 Å². The number of amides is 1. The minimum Gasteiger partial charge on any atom is -0.483 e. The number of nitrogens with zero attached hydrogens (tertiary/aromatic N) is 2. The zero-order chi connectivity index (χ0) is 24.1. The Hall–Kier alpha value is -3.26. The van der Waals surface area contributed by atoms with Crippen molar-refractivity contribution in [3.8, 4) is 5.75 Å². The Morgan fingerprint density at radius 3 is 2.36 bits per heavy atom. The molecule has 0 aromatic heterocycles. The number of piperazine rings is 1. The van der Waals surface area contributed by atoms with Crippen molar-refractivity contribution in [3.63, 3.8) is 0 Å². The lowest BCUT2D eigenvalue weighted by Crippen LogP contribution is -2.58. The van der Waals surface area contributed by atoms with Crippen LogP contribution in [0.5, 0.6) is 5.75 Å². The van der Waals surface area contributed by atoms with Gasteiger partial charge in [0.15, 0.2) is 12.4 Å². The highest BCUT2D eigenvalue weighted by Gasteiger charge is 2.32. The molecule has 176 valence electrons. The van der Waals surface area contributed by atoms with Crippen LogP contribution in [0.2, 0.25) is 0 Å². The van der Waals surface area contributed by atoms with Gasteiger partial charge in [-0.15, -0.1) is 0 Å². The lowest BCUT2D eigenvalue weighted by atomic mass is 10.1. The largest absolute Gasteiger partial charge is 0.483 e. The molecule has 0 N–H and O–H groups in total. The first-order chi connectivity index (χ1) is 15.7. The Bertz CT molecular complexity index is 1020. The number of ether oxygens (including phenoxy) is 2. The van der Waals surface area contributed by atoms with Gasteiger partial charge < -0.3 is 14.4 Å². The van der Waals surface area contributed by atoms with Gasteiger partial charge in [-0.1, -0.05) is 12.1 Å². The van der Waals surface area contributed by atoms with E-state index in [4.69, 9.17) is 9.47 Å². The van der Waals surface area contributed by atoms with E-state index in [1.807, 2.05) is 13.8 Å². The molecule has 1 saturated heterocycles. The van der Waals surface area contributed by atoms with Crippen molar-refractivity contribution in [2.45, 2.75) is 39.4 Å². The summed E-state index contributed by atoms with van der Waals surface area (Å²) in [7, 11) is 1.24. The fourth-order valence-corrected chi connectivity index (χ4v) is 3.96. The third-order valence-corrected chi connectivity index (χ3v) is 5.88. The minimum atomic E-state index is -0.642. The standard InChI is InChI=1S/C25H29FN2O5/c1-16-13-28(17(2)12-27(16)14-19-5-8-21(26)9-6-19)24(30)15-33-23-10-7-20(18(3)29)11-22(23)25(31)32-4/h5-11,16-17H,12-15H2,1-4H3/t16-,17+/m1/s1. The smallest absolute Gasteiger partial charge is 0.341 e. The van der Waals surface area contributed by atoms with Gasteiger partial charge in [0.2, 0.25) is 0 Å². The zero-order valence-corrected chi connectivity index (χ0v) is 19.3. The van der Waals surface area contributed by atoms with E-state index >= 15 is 0 Å². The average molecular weight is 457 g/mol. The van der Waals surface area contributed by atoms with Crippen molar-refractivity contribution < 1.29 is 28.2 Å². The molecule has 0 spiro atoms. The van der Waals surface area contributed by atoms with E-state index < -0.39 is 5.97 Å². The predicted octanol–water partition coefficient (Wildman–Crippen LogP) is 3.32. The maximum Gasteiger partial charge on any atom is 0.341 e. The molecule has 1 aliphatic rings. The van der Waals surface area contributed by atoms with Crippen LogP contribution in [0.4, 0.5) is 4.39 Å². The van der Waals surface area contributed by atoms with Gasteiger partial charge in [0.25, 0.3) is 5.91 Å². The van der Waals surface area contributed by atoms with Crippen molar-refractivity contribution >= 4 is 17.7 Å². The number of benzene rings is 2. The van der Waals surface area contributed by atoms with Crippen LogP contribution in [0.1, 0.15) is 47.1 Å². The van der Waals surface area contributed by atoms with Crippen LogP contribution >= 0.6 is 0 Å². The third kappa shape index (κ3) is 5.96. The van der Waals surface area contributed by atoms with E-state index in [9.17, 15) is 18.8 Å². The Kier molecular flexibility index (Phi) is 7.81. The molecule has 7 nitrogen and oxygen atoms in total. The molecule has 3 rings (SSSR count). The molecular formula is C25H29FN2O5. The van der Waals surface area contributed by atoms with E-state index in [2.05, 4.69) is 4.90 Å². The first-order valence-corrected chi connectivity index (χ1v) is 10.8. The molecule has 8 heteroatoms. The molecule has 1 fully saturated rings. The van der Waals surface area contributed by atoms with Crippen molar-refractivity contribution in [2.24, 2.45) is 0 Å². The van der Waals surface area contributed by atoms with Gasteiger partial charge in [0.1, 0.15) is 17.1 Å². The molecule has 0 saturated carbocycles. The molecule has 2 aromatic rings. The first-order valence-electron chi connectivity index (χ1n) is 10.8. The highest BCUT2D eigenvalue weighted by Crippen LogP contribution is 2.23. The van der Waals surface area contributed by atoms with Gasteiger partial charge in [-0.3, -0.25) is 14.5 Å². The number of hydrogen-bond donors (Lipinski definition) is 0. The van der Waals surface area contributed by atoms with Gasteiger partial charge >= 0.3 is 5.97 Å². The molecule has 2 aromatic carbocycles. The Morgan fingerprint density at radius 1 is 1.03 bits per heavy atom. The number of carbonyl (C=O) groups excluding carboxylic acids is 3. The molecule has 0 aliphatic carbocycles. The van der Waals surface area contributed by atoms with Crippen LogP contribution in [-0.4, -0.2) is 66.3 Å². The summed E-state index contributed by atoms with van der Waals surface area (Å²) in [5, 5.41) is 0. The Morgan fingerprint density at radius 2 is 1.73 bits per heavy atom. The summed E-state index contributed by atoms with van der Waals surface area (Å²) < 4.78 is 23.6. The highest BCUT2D eigenvalue weighted by atomic mass is 19.1. The van der Waals surface area contributed by atoms with Crippen molar-refractivity contribution in [1.82, 2.24) is 9.80 Å². The summed E-state index contributed by atoms with van der Waals surface area (Å²) in [6, 6.07) is 11.0. The number of ketones is 1. The average Bonchev–Trinajstić information content (AvgIpc) is 2.80. The summed E-state index contributed by atoms with van der Waals surface area (Å²) in [6.45, 7) is 7.06. The van der Waals surface area contributed by atoms with Gasteiger partial charge in [-0.25, -0.2) is 9.18 Å². The van der Waals surface area contributed by atoms with Gasteiger partial charge in [0.05, 0.1) is 7.11 Å². The number of esters is 1. The van der Waals surface area contributed by atoms with Gasteiger partial charge in [-0.05, 0) is 56.7 Å². The van der Waals surface area contributed by atoms with Crippen LogP contribution in [0, 0.1) is 5.82 Å². The van der Waals surface area contributed by atoms with Crippen LogP contribution in [0.15, 0.2) is 42.5 Å². The molecule has 33 heavy (non-hydrogen) atoms. The maximum absolute atomic E-state index is 13.2. The monoisotopic (exact) mass is 456 g/mol. The molecule has 1 aliphatic heterocycles. The normalized spacial score (nSPS) is 18.6. The fraction of sp³-hybridized carbons (Fsp3) is 0.400. The van der Waals surface area contributed by atoms with E-state index in [0.29, 0.717) is 25.2 Å². The SMILES string of the molecule is COC(=O)c1cc(C(C)=O)ccc1OCC(=O)N1C[C@@H](C)N(Cc2ccc(F)cc2)C[C@@H]1C. The second kappa shape index (κ2) is 10.6. The number of halogens is 1. The fourth-order valence-electron chi connectivity index (χ4n) is 3.96. The number of carbonyl (C=O) groups is 3. The molecule has 2 atom stereocenters. The number of methoxy groups -OCH3 is 1. The minimum absolute atomic E-state index is 0.0436. The van der Waals surface area contributed by atoms with E-state index in [1.54, 1.807) is 23.1 Å². The summed E-state index contributed by atoms with van der Waals surface area (Å²) in [5.74, 6) is -1.10. The molecule has 0 unspecified atom stereocenters. The van der Waals surface area contributed by atoms with Crippen LogP contribution in [0.3, 0.4) is 0 Å². The quantitative estimate of drug-likeness (QED) is 0.470. The molecule has 1 amide bonds. The molecule has 0 radical (unpaired) electrons. The van der Waals surface area contributed by atoms with Crippen LogP contribution in [-0.2, 0) is 16.1 Å². The lowest BCUT2D eigenvalue weighted by Gasteiger charge is -2.44. The van der Waals surface area contributed by atoms with Crippen molar-refractivity contribution in [1.29, 1.82) is 0 Å². The Balaban J connectivity index is 1.63. The van der Waals surface area contributed by atoms with Crippen molar-refractivity contribution in [2.75, 3.05) is 26.8 Å². The third-order valence-electron chi connectivity index (χ3n) is 5.88. The summed E-state index contributed by atoms with van der Waals surface area (Å²) in [6.07, 6.45) is 0. The Labute approximate surface area is 193 Å². The van der Waals surface area contributed by atoms with E-state index in [1.165, 1.54) is 38.3 Å². The highest BCUT2D eigenvalue weighted by molar-refractivity contribution is 5.99. The second-order valence-electron chi connectivity index (χ2n) is 8.35. The van der Waals surface area contributed by atoms with E-state index in [-0.39, 0.29) is 47.5 Å². The molecular weight excluding hydrogens is 427 g/mol. The molecule has 0 bridgehead atoms. The number of Topliss-reactive ketones (excluding diaryl/α,β-unsaturated/α-hetero) is 1. The lowest BCUT2D eigenvalue weighted by molar-refractivity contribution is -0.139. The van der Waals surface area contributed by atoms with Gasteiger partial charge in [0, 0.05) is 37.3 Å². The van der Waals surface area contributed by atoms with Crippen LogP contribution < -0.4 is 4.74 Å². The summed E-state index contributed by atoms with van der Waals surface area (Å²) in [4.78, 5) is 40.7. The number of hydrogen-bond acceptors (Lipinski definition) is 6. The van der Waals surface area contributed by atoms with Gasteiger partial charge in [-0.2, -0.15) is 0 Å². The van der Waals surface area contributed by atoms with Crippen molar-refractivity contribution in [3.05, 3.63) is 65.0 Å². The predicted molar refractivity (Wildman–Crippen MR) is 121 cm³/mol. The number of rotatable bonds is 7. The first kappa shape index (κ1) is 24.4. The second-order valence-corrected chi connectivity index (χ2v) is 8.35. The molecule has 1 heterocycles. The van der Waals surface area contributed by atoms with E-state index in [0.717, 1.165) is 5.56 Å². The maximum atomic E-state index is 13.2.